The van der Waals surface area contributed by atoms with Crippen LogP contribution < -0.4 is 5.48 Å². The smallest absolute Gasteiger partial charge is 0.0723 e. The molecule has 1 aromatic carbocycles. The number of piperidine rings is 1. The van der Waals surface area contributed by atoms with Gasteiger partial charge in [-0.25, -0.2) is 0 Å². The van der Waals surface area contributed by atoms with Crippen molar-refractivity contribution in [1.29, 1.82) is 0 Å². The lowest BCUT2D eigenvalue weighted by atomic mass is 9.87. The van der Waals surface area contributed by atoms with E-state index in [1.807, 2.05) is 0 Å². The number of nitrogens with zero attached hydrogens (tertiary/aromatic N) is 1. The Hall–Kier alpha value is -0.900. The van der Waals surface area contributed by atoms with E-state index >= 15 is 0 Å². The second-order valence-electron chi connectivity index (χ2n) is 4.57. The monoisotopic (exact) mass is 220 g/mol. The van der Waals surface area contributed by atoms with Crippen LogP contribution in [0.4, 0.5) is 0 Å². The summed E-state index contributed by atoms with van der Waals surface area (Å²) in [5, 5.41) is 8.65. The summed E-state index contributed by atoms with van der Waals surface area (Å²) < 4.78 is 0. The second-order valence-corrected chi connectivity index (χ2v) is 4.57. The molecule has 0 bridgehead atoms. The van der Waals surface area contributed by atoms with Crippen LogP contribution in [0.5, 0.6) is 0 Å². The van der Waals surface area contributed by atoms with Crippen molar-refractivity contribution in [2.75, 3.05) is 19.8 Å². The van der Waals surface area contributed by atoms with Crippen LogP contribution in [-0.2, 0) is 0 Å². The quantitative estimate of drug-likeness (QED) is 0.766. The van der Waals surface area contributed by atoms with Crippen molar-refractivity contribution in [2.24, 2.45) is 0 Å². The molecule has 0 aromatic heterocycles. The van der Waals surface area contributed by atoms with Gasteiger partial charge < -0.3 is 5.21 Å². The average molecular weight is 220 g/mol. The Morgan fingerprint density at radius 3 is 2.62 bits per heavy atom. The first-order chi connectivity index (χ1) is 7.81. The lowest BCUT2D eigenvalue weighted by molar-refractivity contribution is 0.0835. The van der Waals surface area contributed by atoms with Gasteiger partial charge in [-0.3, -0.25) is 4.90 Å². The van der Waals surface area contributed by atoms with E-state index in [0.29, 0.717) is 12.6 Å². The first-order valence-corrected chi connectivity index (χ1v) is 5.96. The Morgan fingerprint density at radius 1 is 1.31 bits per heavy atom. The van der Waals surface area contributed by atoms with E-state index in [2.05, 4.69) is 41.6 Å². The SMILES string of the molecule is Cc1ccccc1C1CCN(CNO)CC1. The zero-order valence-corrected chi connectivity index (χ0v) is 9.82. The molecule has 0 aliphatic carbocycles. The molecule has 0 saturated carbocycles. The molecule has 3 heteroatoms. The highest BCUT2D eigenvalue weighted by Gasteiger charge is 2.20. The van der Waals surface area contributed by atoms with Crippen LogP contribution in [0.3, 0.4) is 0 Å². The molecule has 0 unspecified atom stereocenters. The standard InChI is InChI=1S/C13H20N2O/c1-11-4-2-3-5-13(11)12-6-8-15(9-7-12)10-14-16/h2-5,12,14,16H,6-10H2,1H3. The highest BCUT2D eigenvalue weighted by atomic mass is 16.5. The molecular formula is C13H20N2O. The Labute approximate surface area is 97.0 Å². The van der Waals surface area contributed by atoms with Crippen LogP contribution in [0.1, 0.15) is 29.9 Å². The van der Waals surface area contributed by atoms with Gasteiger partial charge in [0.15, 0.2) is 0 Å². The van der Waals surface area contributed by atoms with Gasteiger partial charge in [0.25, 0.3) is 0 Å². The molecule has 0 amide bonds. The fraction of sp³-hybridized carbons (Fsp3) is 0.538. The minimum Gasteiger partial charge on any atom is -0.316 e. The first kappa shape index (κ1) is 11.6. The molecule has 0 spiro atoms. The minimum atomic E-state index is 0.584. The van der Waals surface area contributed by atoms with Crippen LogP contribution in [-0.4, -0.2) is 29.9 Å². The molecule has 1 saturated heterocycles. The predicted octanol–water partition coefficient (Wildman–Crippen LogP) is 2.11. The van der Waals surface area contributed by atoms with Gasteiger partial charge in [0.2, 0.25) is 0 Å². The second kappa shape index (κ2) is 5.43. The molecule has 3 nitrogen and oxygen atoms in total. The third-order valence-electron chi connectivity index (χ3n) is 3.51. The van der Waals surface area contributed by atoms with Gasteiger partial charge in [-0.2, -0.15) is 5.48 Å². The number of hydrogen-bond donors (Lipinski definition) is 2. The maximum absolute atomic E-state index is 8.65. The molecule has 1 heterocycles. The molecule has 0 radical (unpaired) electrons. The van der Waals surface area contributed by atoms with Gasteiger partial charge in [0, 0.05) is 13.1 Å². The van der Waals surface area contributed by atoms with E-state index in [-0.39, 0.29) is 0 Å². The molecule has 2 N–H and O–H groups in total. The molecule has 2 rings (SSSR count). The Balaban J connectivity index is 1.96. The molecular weight excluding hydrogens is 200 g/mol. The van der Waals surface area contributed by atoms with Crippen molar-refractivity contribution >= 4 is 0 Å². The summed E-state index contributed by atoms with van der Waals surface area (Å²) in [4.78, 5) is 2.24. The van der Waals surface area contributed by atoms with E-state index in [0.717, 1.165) is 13.1 Å². The first-order valence-electron chi connectivity index (χ1n) is 5.96. The van der Waals surface area contributed by atoms with Crippen LogP contribution in [0.25, 0.3) is 0 Å². The zero-order valence-electron chi connectivity index (χ0n) is 9.82. The molecule has 88 valence electrons. The summed E-state index contributed by atoms with van der Waals surface area (Å²) >= 11 is 0. The number of benzene rings is 1. The van der Waals surface area contributed by atoms with E-state index in [9.17, 15) is 0 Å². The average Bonchev–Trinajstić information content (AvgIpc) is 2.31. The molecule has 1 aliphatic heterocycles. The van der Waals surface area contributed by atoms with Crippen LogP contribution in [0, 0.1) is 6.92 Å². The highest BCUT2D eigenvalue weighted by Crippen LogP contribution is 2.29. The highest BCUT2D eigenvalue weighted by molar-refractivity contribution is 5.29. The van der Waals surface area contributed by atoms with Gasteiger partial charge in [-0.05, 0) is 36.8 Å². The van der Waals surface area contributed by atoms with Crippen molar-refractivity contribution in [3.63, 3.8) is 0 Å². The lowest BCUT2D eigenvalue weighted by Gasteiger charge is -2.32. The summed E-state index contributed by atoms with van der Waals surface area (Å²) in [6.45, 7) is 4.90. The number of hydrogen-bond acceptors (Lipinski definition) is 3. The predicted molar refractivity (Wildman–Crippen MR) is 64.5 cm³/mol. The topological polar surface area (TPSA) is 35.5 Å². The lowest BCUT2D eigenvalue weighted by Crippen LogP contribution is -2.38. The van der Waals surface area contributed by atoms with Gasteiger partial charge in [0.05, 0.1) is 6.67 Å². The number of hydroxylamine groups is 1. The van der Waals surface area contributed by atoms with Crippen LogP contribution in [0.15, 0.2) is 24.3 Å². The van der Waals surface area contributed by atoms with Crippen LogP contribution in [0.2, 0.25) is 0 Å². The number of aryl methyl sites for hydroxylation is 1. The van der Waals surface area contributed by atoms with Crippen molar-refractivity contribution in [3.8, 4) is 0 Å². The van der Waals surface area contributed by atoms with E-state index in [1.165, 1.54) is 24.0 Å². The fourth-order valence-electron chi connectivity index (χ4n) is 2.55. The number of nitrogens with one attached hydrogen (secondary N) is 1. The molecule has 1 fully saturated rings. The minimum absolute atomic E-state index is 0.584. The van der Waals surface area contributed by atoms with Crippen LogP contribution >= 0.6 is 0 Å². The van der Waals surface area contributed by atoms with Gasteiger partial charge in [-0.1, -0.05) is 24.3 Å². The van der Waals surface area contributed by atoms with Gasteiger partial charge >= 0.3 is 0 Å². The Bertz CT molecular complexity index is 332. The maximum Gasteiger partial charge on any atom is 0.0723 e. The summed E-state index contributed by atoms with van der Waals surface area (Å²) in [6, 6.07) is 8.67. The molecule has 1 aromatic rings. The third-order valence-corrected chi connectivity index (χ3v) is 3.51. The van der Waals surface area contributed by atoms with E-state index in [1.54, 1.807) is 0 Å². The van der Waals surface area contributed by atoms with Crippen molar-refractivity contribution in [3.05, 3.63) is 35.4 Å². The summed E-state index contributed by atoms with van der Waals surface area (Å²) in [7, 11) is 0. The van der Waals surface area contributed by atoms with Crippen molar-refractivity contribution in [1.82, 2.24) is 10.4 Å². The maximum atomic E-state index is 8.65. The Morgan fingerprint density at radius 2 is 2.00 bits per heavy atom. The third kappa shape index (κ3) is 2.61. The van der Waals surface area contributed by atoms with Gasteiger partial charge in [-0.15, -0.1) is 0 Å². The molecule has 1 aliphatic rings. The molecule has 0 atom stereocenters. The number of rotatable bonds is 3. The molecule has 16 heavy (non-hydrogen) atoms. The van der Waals surface area contributed by atoms with Gasteiger partial charge in [0.1, 0.15) is 0 Å². The van der Waals surface area contributed by atoms with E-state index in [4.69, 9.17) is 5.21 Å². The summed E-state index contributed by atoms with van der Waals surface area (Å²) in [5.74, 6) is 0.691. The summed E-state index contributed by atoms with van der Waals surface area (Å²) in [5.41, 5.74) is 5.13. The zero-order chi connectivity index (χ0) is 11.4. The largest absolute Gasteiger partial charge is 0.316 e. The normalized spacial score (nSPS) is 18.9. The fourth-order valence-corrected chi connectivity index (χ4v) is 2.55. The van der Waals surface area contributed by atoms with E-state index < -0.39 is 0 Å². The van der Waals surface area contributed by atoms with Crippen molar-refractivity contribution < 1.29 is 5.21 Å². The number of likely N-dealkylation sites (tertiary alicyclic amines) is 1. The Kier molecular flexibility index (Phi) is 3.93. The van der Waals surface area contributed by atoms with Crippen molar-refractivity contribution in [2.45, 2.75) is 25.7 Å². The summed E-state index contributed by atoms with van der Waals surface area (Å²) in [6.07, 6.45) is 2.37.